The molecular weight excluding hydrogens is 316 g/mol. The van der Waals surface area contributed by atoms with Gasteiger partial charge in [-0.05, 0) is 50.6 Å². The average Bonchev–Trinajstić information content (AvgIpc) is 2.40. The molecule has 0 N–H and O–H groups in total. The zero-order valence-corrected chi connectivity index (χ0v) is 13.4. The second kappa shape index (κ2) is 6.23. The summed E-state index contributed by atoms with van der Waals surface area (Å²) < 4.78 is 6.54. The van der Waals surface area contributed by atoms with Gasteiger partial charge in [-0.15, -0.1) is 0 Å². The second-order valence-electron chi connectivity index (χ2n) is 4.98. The molecule has 2 rings (SSSR count). The number of rotatable bonds is 4. The van der Waals surface area contributed by atoms with Gasteiger partial charge >= 0.3 is 0 Å². The SMILES string of the molecule is Cc1ccc(Br)cc1C(=O)c1cccc(OC(C)C)c1. The largest absolute Gasteiger partial charge is 0.491 e. The number of carbonyl (C=O) groups is 1. The lowest BCUT2D eigenvalue weighted by Crippen LogP contribution is -2.07. The lowest BCUT2D eigenvalue weighted by atomic mass is 9.99. The third kappa shape index (κ3) is 3.48. The number of benzene rings is 2. The molecule has 0 unspecified atom stereocenters. The zero-order chi connectivity index (χ0) is 14.7. The van der Waals surface area contributed by atoms with Crippen molar-refractivity contribution in [3.63, 3.8) is 0 Å². The van der Waals surface area contributed by atoms with Gasteiger partial charge in [0, 0.05) is 15.6 Å². The van der Waals surface area contributed by atoms with Crippen LogP contribution in [-0.4, -0.2) is 11.9 Å². The molecule has 0 saturated heterocycles. The molecule has 20 heavy (non-hydrogen) atoms. The van der Waals surface area contributed by atoms with E-state index in [4.69, 9.17) is 4.74 Å². The molecule has 0 saturated carbocycles. The van der Waals surface area contributed by atoms with Gasteiger partial charge in [-0.2, -0.15) is 0 Å². The first kappa shape index (κ1) is 14.8. The van der Waals surface area contributed by atoms with Crippen LogP contribution >= 0.6 is 15.9 Å². The highest BCUT2D eigenvalue weighted by molar-refractivity contribution is 9.10. The summed E-state index contributed by atoms with van der Waals surface area (Å²) in [6, 6.07) is 13.0. The summed E-state index contributed by atoms with van der Waals surface area (Å²) in [7, 11) is 0. The number of carbonyl (C=O) groups excluding carboxylic acids is 1. The van der Waals surface area contributed by atoms with E-state index in [2.05, 4.69) is 15.9 Å². The van der Waals surface area contributed by atoms with Crippen LogP contribution in [0.1, 0.15) is 35.3 Å². The summed E-state index contributed by atoms with van der Waals surface area (Å²) in [4.78, 5) is 12.6. The van der Waals surface area contributed by atoms with E-state index in [9.17, 15) is 4.79 Å². The Kier molecular flexibility index (Phi) is 4.61. The molecule has 0 aromatic heterocycles. The molecule has 0 heterocycles. The van der Waals surface area contributed by atoms with E-state index >= 15 is 0 Å². The Morgan fingerprint density at radius 3 is 2.60 bits per heavy atom. The van der Waals surface area contributed by atoms with Crippen LogP contribution in [0, 0.1) is 6.92 Å². The van der Waals surface area contributed by atoms with Crippen molar-refractivity contribution in [2.75, 3.05) is 0 Å². The lowest BCUT2D eigenvalue weighted by Gasteiger charge is -2.11. The van der Waals surface area contributed by atoms with E-state index in [-0.39, 0.29) is 11.9 Å². The smallest absolute Gasteiger partial charge is 0.193 e. The summed E-state index contributed by atoms with van der Waals surface area (Å²) in [5.41, 5.74) is 2.32. The summed E-state index contributed by atoms with van der Waals surface area (Å²) in [5, 5.41) is 0. The van der Waals surface area contributed by atoms with Crippen LogP contribution in [0.2, 0.25) is 0 Å². The Morgan fingerprint density at radius 2 is 1.90 bits per heavy atom. The van der Waals surface area contributed by atoms with Crippen molar-refractivity contribution in [3.8, 4) is 5.75 Å². The van der Waals surface area contributed by atoms with Crippen LogP contribution in [0.15, 0.2) is 46.9 Å². The minimum atomic E-state index is 0.0120. The standard InChI is InChI=1S/C17H17BrO2/c1-11(2)20-15-6-4-5-13(9-15)17(19)16-10-14(18)8-7-12(16)3/h4-11H,1-3H3. The van der Waals surface area contributed by atoms with E-state index < -0.39 is 0 Å². The fourth-order valence-electron chi connectivity index (χ4n) is 1.98. The maximum absolute atomic E-state index is 12.6. The Morgan fingerprint density at radius 1 is 1.15 bits per heavy atom. The second-order valence-corrected chi connectivity index (χ2v) is 5.90. The van der Waals surface area contributed by atoms with Gasteiger partial charge in [-0.25, -0.2) is 0 Å². The molecule has 2 aromatic carbocycles. The minimum absolute atomic E-state index is 0.0120. The zero-order valence-electron chi connectivity index (χ0n) is 11.8. The maximum atomic E-state index is 12.6. The van der Waals surface area contributed by atoms with E-state index in [1.807, 2.05) is 57.2 Å². The van der Waals surface area contributed by atoms with Gasteiger partial charge < -0.3 is 4.74 Å². The highest BCUT2D eigenvalue weighted by Gasteiger charge is 2.13. The van der Waals surface area contributed by atoms with Gasteiger partial charge in [-0.3, -0.25) is 4.79 Å². The molecule has 0 aliphatic carbocycles. The van der Waals surface area contributed by atoms with Gasteiger partial charge in [0.15, 0.2) is 5.78 Å². The molecule has 2 nitrogen and oxygen atoms in total. The van der Waals surface area contributed by atoms with Gasteiger partial charge in [0.1, 0.15) is 5.75 Å². The molecule has 0 amide bonds. The Labute approximate surface area is 127 Å². The summed E-state index contributed by atoms with van der Waals surface area (Å²) >= 11 is 3.41. The van der Waals surface area contributed by atoms with E-state index in [1.54, 1.807) is 6.07 Å². The predicted octanol–water partition coefficient (Wildman–Crippen LogP) is 4.78. The van der Waals surface area contributed by atoms with E-state index in [0.717, 1.165) is 15.8 Å². The third-order valence-electron chi connectivity index (χ3n) is 2.91. The first-order valence-electron chi connectivity index (χ1n) is 6.55. The molecule has 0 spiro atoms. The summed E-state index contributed by atoms with van der Waals surface area (Å²) in [6.45, 7) is 5.87. The Bertz CT molecular complexity index is 633. The fourth-order valence-corrected chi connectivity index (χ4v) is 2.34. The number of halogens is 1. The fraction of sp³-hybridized carbons (Fsp3) is 0.235. The van der Waals surface area contributed by atoms with Crippen LogP contribution in [0.5, 0.6) is 5.75 Å². The number of ether oxygens (including phenoxy) is 1. The predicted molar refractivity (Wildman–Crippen MR) is 84.5 cm³/mol. The van der Waals surface area contributed by atoms with Crippen LogP contribution < -0.4 is 4.74 Å². The molecule has 0 fully saturated rings. The lowest BCUT2D eigenvalue weighted by molar-refractivity contribution is 0.103. The number of ketones is 1. The molecule has 0 atom stereocenters. The van der Waals surface area contributed by atoms with Crippen molar-refractivity contribution in [3.05, 3.63) is 63.6 Å². The Balaban J connectivity index is 2.35. The van der Waals surface area contributed by atoms with E-state index in [1.165, 1.54) is 0 Å². The normalized spacial score (nSPS) is 10.7. The molecule has 0 aliphatic rings. The molecule has 2 aromatic rings. The van der Waals surface area contributed by atoms with Crippen LogP contribution in [0.4, 0.5) is 0 Å². The monoisotopic (exact) mass is 332 g/mol. The molecular formula is C17H17BrO2. The number of hydrogen-bond donors (Lipinski definition) is 0. The van der Waals surface area contributed by atoms with Crippen LogP contribution in [0.25, 0.3) is 0 Å². The first-order chi connectivity index (χ1) is 9.47. The van der Waals surface area contributed by atoms with Crippen molar-refractivity contribution in [1.82, 2.24) is 0 Å². The van der Waals surface area contributed by atoms with Crippen molar-refractivity contribution in [1.29, 1.82) is 0 Å². The molecule has 0 bridgehead atoms. The average molecular weight is 333 g/mol. The van der Waals surface area contributed by atoms with E-state index in [0.29, 0.717) is 11.1 Å². The quantitative estimate of drug-likeness (QED) is 0.753. The molecule has 0 aliphatic heterocycles. The van der Waals surface area contributed by atoms with Gasteiger partial charge in [0.2, 0.25) is 0 Å². The minimum Gasteiger partial charge on any atom is -0.491 e. The van der Waals surface area contributed by atoms with Crippen molar-refractivity contribution < 1.29 is 9.53 Å². The van der Waals surface area contributed by atoms with Crippen LogP contribution in [0.3, 0.4) is 0 Å². The summed E-state index contributed by atoms with van der Waals surface area (Å²) in [6.07, 6.45) is 0.0907. The van der Waals surface area contributed by atoms with Crippen molar-refractivity contribution in [2.45, 2.75) is 26.9 Å². The highest BCUT2D eigenvalue weighted by Crippen LogP contribution is 2.22. The number of hydrogen-bond acceptors (Lipinski definition) is 2. The molecule has 104 valence electrons. The van der Waals surface area contributed by atoms with Gasteiger partial charge in [0.05, 0.1) is 6.10 Å². The van der Waals surface area contributed by atoms with Crippen molar-refractivity contribution >= 4 is 21.7 Å². The highest BCUT2D eigenvalue weighted by atomic mass is 79.9. The molecule has 0 radical (unpaired) electrons. The summed E-state index contributed by atoms with van der Waals surface area (Å²) in [5.74, 6) is 0.733. The topological polar surface area (TPSA) is 26.3 Å². The molecule has 3 heteroatoms. The Hall–Kier alpha value is -1.61. The third-order valence-corrected chi connectivity index (χ3v) is 3.41. The first-order valence-corrected chi connectivity index (χ1v) is 7.34. The maximum Gasteiger partial charge on any atom is 0.193 e. The van der Waals surface area contributed by atoms with Gasteiger partial charge in [-0.1, -0.05) is 34.1 Å². The van der Waals surface area contributed by atoms with Crippen LogP contribution in [-0.2, 0) is 0 Å². The van der Waals surface area contributed by atoms with Crippen molar-refractivity contribution in [2.24, 2.45) is 0 Å². The number of aryl methyl sites for hydroxylation is 1. The van der Waals surface area contributed by atoms with Gasteiger partial charge in [0.25, 0.3) is 0 Å².